The van der Waals surface area contributed by atoms with E-state index in [1.54, 1.807) is 0 Å². The summed E-state index contributed by atoms with van der Waals surface area (Å²) in [5.41, 5.74) is 6.13. The number of allylic oxidation sites excluding steroid dienone is 3. The van der Waals surface area contributed by atoms with Gasteiger partial charge >= 0.3 is 5.97 Å². The average Bonchev–Trinajstić information content (AvgIpc) is 3.60. The molecule has 0 radical (unpaired) electrons. The molecule has 1 saturated heterocycles. The Morgan fingerprint density at radius 3 is 2.86 bits per heavy atom. The minimum absolute atomic E-state index is 0.151. The maximum atomic E-state index is 13.1. The highest BCUT2D eigenvalue weighted by molar-refractivity contribution is 5.97. The molecule has 5 heteroatoms. The highest BCUT2D eigenvalue weighted by Gasteiger charge is 2.75. The van der Waals surface area contributed by atoms with Gasteiger partial charge in [-0.05, 0) is 98.0 Å². The van der Waals surface area contributed by atoms with Gasteiger partial charge in [0, 0.05) is 22.7 Å². The molecule has 3 heterocycles. The van der Waals surface area contributed by atoms with Crippen molar-refractivity contribution >= 4 is 29.9 Å². The number of esters is 1. The Morgan fingerprint density at radius 2 is 2.14 bits per heavy atom. The van der Waals surface area contributed by atoms with Gasteiger partial charge in [0.05, 0.1) is 23.6 Å². The van der Waals surface area contributed by atoms with Crippen LogP contribution in [0.3, 0.4) is 0 Å². The fraction of sp³-hybridized carbons (Fsp3) is 0.355. The van der Waals surface area contributed by atoms with Crippen LogP contribution in [0.1, 0.15) is 56.0 Å². The molecule has 5 nitrogen and oxygen atoms in total. The maximum absolute atomic E-state index is 13.1. The summed E-state index contributed by atoms with van der Waals surface area (Å²) in [7, 11) is 0. The van der Waals surface area contributed by atoms with E-state index in [2.05, 4.69) is 35.4 Å². The lowest BCUT2D eigenvalue weighted by atomic mass is 9.60. The lowest BCUT2D eigenvalue weighted by molar-refractivity contribution is -0.145. The number of dihydropyridines is 1. The Labute approximate surface area is 212 Å². The summed E-state index contributed by atoms with van der Waals surface area (Å²) < 4.78 is 5.90. The number of pyridine rings is 1. The number of nitrogens with one attached hydrogen (secondary N) is 2. The van der Waals surface area contributed by atoms with Gasteiger partial charge in [-0.2, -0.15) is 0 Å². The van der Waals surface area contributed by atoms with Crippen LogP contribution in [0.2, 0.25) is 0 Å². The molecule has 3 fully saturated rings. The lowest BCUT2D eigenvalue weighted by Gasteiger charge is -2.46. The fourth-order valence-corrected chi connectivity index (χ4v) is 6.46. The second-order valence-corrected chi connectivity index (χ2v) is 10.6. The van der Waals surface area contributed by atoms with E-state index in [-0.39, 0.29) is 16.9 Å². The number of benzene rings is 1. The summed E-state index contributed by atoms with van der Waals surface area (Å²) in [5.74, 6) is -0.256. The minimum atomic E-state index is -0.256. The van der Waals surface area contributed by atoms with Crippen LogP contribution in [0.15, 0.2) is 60.3 Å². The third-order valence-electron chi connectivity index (χ3n) is 8.74. The first-order valence-corrected chi connectivity index (χ1v) is 13.0. The van der Waals surface area contributed by atoms with E-state index < -0.39 is 0 Å². The molecule has 2 saturated carbocycles. The lowest BCUT2D eigenvalue weighted by Crippen LogP contribution is -2.52. The third-order valence-corrected chi connectivity index (χ3v) is 8.74. The molecule has 0 bridgehead atoms. The van der Waals surface area contributed by atoms with Gasteiger partial charge in [-0.1, -0.05) is 36.9 Å². The predicted molar refractivity (Wildman–Crippen MR) is 144 cm³/mol. The van der Waals surface area contributed by atoms with Crippen LogP contribution in [-0.2, 0) is 9.53 Å². The summed E-state index contributed by atoms with van der Waals surface area (Å²) in [6, 6.07) is 12.9. The Balaban J connectivity index is 1.28. The van der Waals surface area contributed by atoms with Gasteiger partial charge in [-0.25, -0.2) is 4.79 Å². The monoisotopic (exact) mass is 479 g/mol. The molecule has 2 aromatic rings. The number of piperidine rings is 1. The fourth-order valence-electron chi connectivity index (χ4n) is 6.46. The zero-order chi connectivity index (χ0) is 24.9. The number of hydrogen-bond acceptors (Lipinski definition) is 5. The van der Waals surface area contributed by atoms with Gasteiger partial charge < -0.3 is 15.4 Å². The van der Waals surface area contributed by atoms with Gasteiger partial charge in [-0.3, -0.25) is 4.98 Å². The van der Waals surface area contributed by atoms with E-state index in [1.165, 1.54) is 12.8 Å². The Bertz CT molecular complexity index is 1450. The van der Waals surface area contributed by atoms with Crippen LogP contribution in [0.5, 0.6) is 0 Å². The van der Waals surface area contributed by atoms with Crippen molar-refractivity contribution in [3.63, 3.8) is 0 Å². The minimum Gasteiger partial charge on any atom is -0.461 e. The van der Waals surface area contributed by atoms with Gasteiger partial charge in [-0.15, -0.1) is 0 Å². The van der Waals surface area contributed by atoms with Crippen molar-refractivity contribution in [2.24, 2.45) is 5.41 Å². The van der Waals surface area contributed by atoms with E-state index in [9.17, 15) is 4.79 Å². The molecule has 36 heavy (non-hydrogen) atoms. The van der Waals surface area contributed by atoms with Crippen LogP contribution in [-0.4, -0.2) is 29.1 Å². The number of aryl methyl sites for hydroxylation is 1. The summed E-state index contributed by atoms with van der Waals surface area (Å²) in [6.07, 6.45) is 13.4. The number of rotatable bonds is 6. The van der Waals surface area contributed by atoms with Crippen LogP contribution < -0.4 is 21.1 Å². The summed E-state index contributed by atoms with van der Waals surface area (Å²) in [6.45, 7) is 8.62. The van der Waals surface area contributed by atoms with Gasteiger partial charge in [0.2, 0.25) is 0 Å². The van der Waals surface area contributed by atoms with Crippen LogP contribution in [0.4, 0.5) is 0 Å². The first-order chi connectivity index (χ1) is 17.4. The van der Waals surface area contributed by atoms with Crippen LogP contribution in [0.25, 0.3) is 23.9 Å². The molecular formula is C31H33N3O2. The Kier molecular flexibility index (Phi) is 5.49. The van der Waals surface area contributed by atoms with Crippen molar-refractivity contribution in [1.29, 1.82) is 0 Å². The summed E-state index contributed by atoms with van der Waals surface area (Å²) in [4.78, 5) is 17.8. The molecule has 184 valence electrons. The highest BCUT2D eigenvalue weighted by Crippen LogP contribution is 2.67. The number of aromatic nitrogens is 1. The third kappa shape index (κ3) is 3.65. The van der Waals surface area contributed by atoms with Crippen molar-refractivity contribution in [2.45, 2.75) is 57.5 Å². The molecule has 6 rings (SSSR count). The molecular weight excluding hydrogens is 446 g/mol. The number of carbonyl (C=O) groups excluding carboxylic acids is 1. The predicted octanol–water partition coefficient (Wildman–Crippen LogP) is 3.73. The van der Waals surface area contributed by atoms with Gasteiger partial charge in [0.25, 0.3) is 0 Å². The molecule has 2 aliphatic carbocycles. The SMILES string of the molecule is C=c1ccc(C2=C(c3cccc(C)n3)NC=CC2)c/c1=C/C(=C\C)C(=O)OCC12CCC3NC31CC2. The molecule has 1 aromatic carbocycles. The van der Waals surface area contributed by atoms with E-state index in [4.69, 9.17) is 9.72 Å². The van der Waals surface area contributed by atoms with Crippen molar-refractivity contribution in [3.05, 3.63) is 87.7 Å². The largest absolute Gasteiger partial charge is 0.461 e. The summed E-state index contributed by atoms with van der Waals surface area (Å²) >= 11 is 0. The van der Waals surface area contributed by atoms with Crippen molar-refractivity contribution in [3.8, 4) is 0 Å². The molecule has 1 spiro atoms. The molecule has 3 unspecified atom stereocenters. The van der Waals surface area contributed by atoms with E-state index in [1.807, 2.05) is 56.5 Å². The van der Waals surface area contributed by atoms with Crippen molar-refractivity contribution in [2.75, 3.05) is 6.61 Å². The molecule has 1 aromatic heterocycles. The topological polar surface area (TPSA) is 73.2 Å². The first-order valence-electron chi connectivity index (χ1n) is 13.0. The number of nitrogens with zero attached hydrogens (tertiary/aromatic N) is 1. The zero-order valence-electron chi connectivity index (χ0n) is 21.1. The van der Waals surface area contributed by atoms with Gasteiger partial charge in [0.1, 0.15) is 0 Å². The number of ether oxygens (including phenoxy) is 1. The van der Waals surface area contributed by atoms with Crippen molar-refractivity contribution < 1.29 is 9.53 Å². The Morgan fingerprint density at radius 1 is 1.25 bits per heavy atom. The molecule has 2 aliphatic heterocycles. The van der Waals surface area contributed by atoms with Crippen LogP contribution in [0, 0.1) is 12.3 Å². The van der Waals surface area contributed by atoms with E-state index in [0.717, 1.165) is 57.9 Å². The van der Waals surface area contributed by atoms with Crippen molar-refractivity contribution in [1.82, 2.24) is 15.6 Å². The molecule has 3 atom stereocenters. The second-order valence-electron chi connectivity index (χ2n) is 10.6. The first kappa shape index (κ1) is 23.0. The number of carbonyl (C=O) groups is 1. The molecule has 4 aliphatic rings. The maximum Gasteiger partial charge on any atom is 0.337 e. The summed E-state index contributed by atoms with van der Waals surface area (Å²) in [5, 5.41) is 8.84. The zero-order valence-corrected chi connectivity index (χ0v) is 21.1. The normalized spacial score (nSPS) is 28.8. The molecule has 0 amide bonds. The second kappa shape index (κ2) is 8.59. The smallest absolute Gasteiger partial charge is 0.337 e. The number of hydrogen-bond donors (Lipinski definition) is 2. The van der Waals surface area contributed by atoms with E-state index >= 15 is 0 Å². The van der Waals surface area contributed by atoms with Gasteiger partial charge in [0.15, 0.2) is 0 Å². The van der Waals surface area contributed by atoms with Crippen LogP contribution >= 0.6 is 0 Å². The standard InChI is InChI=1S/C31H33N3O2/c1-4-22(29(35)36-19-30-13-12-27-31(30,34-27)15-14-30)17-24-18-23(11-10-20(24)2)25-8-6-16-32-28(25)26-9-5-7-21(3)33-26/h4-7,9-11,16-18,27,32,34H,2,8,12-15,19H2,1,3H3/b22-4+,24-17-. The van der Waals surface area contributed by atoms with E-state index in [0.29, 0.717) is 18.2 Å². The molecule has 2 N–H and O–H groups in total. The average molecular weight is 480 g/mol. The quantitative estimate of drug-likeness (QED) is 0.375. The Hall–Kier alpha value is -3.44. The highest BCUT2D eigenvalue weighted by atomic mass is 16.5.